The summed E-state index contributed by atoms with van der Waals surface area (Å²) in [6.45, 7) is 7.96. The van der Waals surface area contributed by atoms with E-state index in [-0.39, 0.29) is 23.4 Å². The number of benzene rings is 1. The Kier molecular flexibility index (Phi) is 5.29. The summed E-state index contributed by atoms with van der Waals surface area (Å²) in [4.78, 5) is 14.2. The molecule has 1 aromatic rings. The van der Waals surface area contributed by atoms with Crippen molar-refractivity contribution in [3.05, 3.63) is 29.8 Å². The zero-order valence-electron chi connectivity index (χ0n) is 13.6. The predicted octanol–water partition coefficient (Wildman–Crippen LogP) is 2.53. The normalized spacial score (nSPS) is 23.1. The Hall–Kier alpha value is -1.75. The van der Waals surface area contributed by atoms with Crippen LogP contribution in [0.3, 0.4) is 0 Å². The van der Waals surface area contributed by atoms with Gasteiger partial charge in [0.1, 0.15) is 5.75 Å². The molecule has 0 aromatic heterocycles. The number of aromatic hydroxyl groups is 1. The summed E-state index contributed by atoms with van der Waals surface area (Å²) in [5.41, 5.74) is 0.849. The summed E-state index contributed by atoms with van der Waals surface area (Å²) in [7, 11) is 0. The molecule has 0 spiro atoms. The maximum absolute atomic E-state index is 12.4. The van der Waals surface area contributed by atoms with Gasteiger partial charge in [-0.25, -0.2) is 4.79 Å². The van der Waals surface area contributed by atoms with Crippen LogP contribution >= 0.6 is 0 Å². The molecule has 2 N–H and O–H groups in total. The van der Waals surface area contributed by atoms with Gasteiger partial charge in [-0.3, -0.25) is 0 Å². The number of rotatable bonds is 4. The van der Waals surface area contributed by atoms with Crippen molar-refractivity contribution in [3.63, 3.8) is 0 Å². The number of ether oxygens (including phenoxy) is 1. The summed E-state index contributed by atoms with van der Waals surface area (Å²) in [6.07, 6.45) is 1.63. The van der Waals surface area contributed by atoms with Crippen LogP contribution in [0.15, 0.2) is 24.3 Å². The molecular weight excluding hydrogens is 280 g/mol. The van der Waals surface area contributed by atoms with Gasteiger partial charge in [0.25, 0.3) is 0 Å². The van der Waals surface area contributed by atoms with E-state index < -0.39 is 0 Å². The molecule has 5 heteroatoms. The van der Waals surface area contributed by atoms with E-state index in [0.717, 1.165) is 18.4 Å². The average molecular weight is 306 g/mol. The molecule has 22 heavy (non-hydrogen) atoms. The van der Waals surface area contributed by atoms with Crippen LogP contribution in [0.1, 0.15) is 32.8 Å². The molecule has 0 unspecified atom stereocenters. The zero-order chi connectivity index (χ0) is 16.2. The SMILES string of the molecule is CC[C@@]1(C)CN(C(=O)N[C@@H](C)Cc2ccc(O)cc2)CCO1. The van der Waals surface area contributed by atoms with E-state index in [1.54, 1.807) is 12.1 Å². The van der Waals surface area contributed by atoms with E-state index >= 15 is 0 Å². The van der Waals surface area contributed by atoms with Crippen molar-refractivity contribution in [2.45, 2.75) is 45.3 Å². The van der Waals surface area contributed by atoms with Crippen LogP contribution in [0.25, 0.3) is 0 Å². The monoisotopic (exact) mass is 306 g/mol. The lowest BCUT2D eigenvalue weighted by atomic mass is 10.0. The molecule has 1 saturated heterocycles. The molecule has 1 aliphatic rings. The molecule has 1 heterocycles. The molecule has 0 saturated carbocycles. The van der Waals surface area contributed by atoms with Gasteiger partial charge >= 0.3 is 6.03 Å². The highest BCUT2D eigenvalue weighted by Gasteiger charge is 2.32. The first-order valence-electron chi connectivity index (χ1n) is 7.89. The molecule has 2 rings (SSSR count). The first-order valence-corrected chi connectivity index (χ1v) is 7.89. The fourth-order valence-corrected chi connectivity index (χ4v) is 2.66. The van der Waals surface area contributed by atoms with Crippen LogP contribution < -0.4 is 5.32 Å². The van der Waals surface area contributed by atoms with Crippen molar-refractivity contribution in [2.75, 3.05) is 19.7 Å². The summed E-state index contributed by atoms with van der Waals surface area (Å²) in [6, 6.07) is 7.08. The summed E-state index contributed by atoms with van der Waals surface area (Å²) in [5.74, 6) is 0.257. The van der Waals surface area contributed by atoms with Gasteiger partial charge < -0.3 is 20.1 Å². The summed E-state index contributed by atoms with van der Waals surface area (Å²) in [5, 5.41) is 12.3. The minimum atomic E-state index is -0.240. The predicted molar refractivity (Wildman–Crippen MR) is 86.0 cm³/mol. The topological polar surface area (TPSA) is 61.8 Å². The van der Waals surface area contributed by atoms with E-state index in [1.165, 1.54) is 0 Å². The minimum absolute atomic E-state index is 0.0331. The van der Waals surface area contributed by atoms with Gasteiger partial charge in [-0.05, 0) is 44.4 Å². The molecule has 0 bridgehead atoms. The molecular formula is C17H26N2O3. The maximum atomic E-state index is 12.4. The highest BCUT2D eigenvalue weighted by atomic mass is 16.5. The lowest BCUT2D eigenvalue weighted by Gasteiger charge is -2.40. The van der Waals surface area contributed by atoms with Crippen LogP contribution in [0, 0.1) is 0 Å². The van der Waals surface area contributed by atoms with E-state index in [0.29, 0.717) is 19.7 Å². The van der Waals surface area contributed by atoms with Crippen molar-refractivity contribution >= 4 is 6.03 Å². The molecule has 1 aromatic carbocycles. The third-order valence-corrected chi connectivity index (χ3v) is 4.22. The third kappa shape index (κ3) is 4.37. The van der Waals surface area contributed by atoms with E-state index in [1.807, 2.05) is 30.9 Å². The van der Waals surface area contributed by atoms with Gasteiger partial charge in [0.2, 0.25) is 0 Å². The lowest BCUT2D eigenvalue weighted by molar-refractivity contribution is -0.0874. The Morgan fingerprint density at radius 2 is 2.14 bits per heavy atom. The van der Waals surface area contributed by atoms with Crippen molar-refractivity contribution in [1.29, 1.82) is 0 Å². The van der Waals surface area contributed by atoms with Gasteiger partial charge in [-0.15, -0.1) is 0 Å². The standard InChI is InChI=1S/C17H26N2O3/c1-4-17(3)12-19(9-10-22-17)16(21)18-13(2)11-14-5-7-15(20)8-6-14/h5-8,13,20H,4,9-12H2,1-3H3,(H,18,21)/t13-,17-/m0/s1. The van der Waals surface area contributed by atoms with Crippen LogP contribution in [-0.4, -0.2) is 47.4 Å². The smallest absolute Gasteiger partial charge is 0.317 e. The number of nitrogens with zero attached hydrogens (tertiary/aromatic N) is 1. The summed E-state index contributed by atoms with van der Waals surface area (Å²) >= 11 is 0. The fraction of sp³-hybridized carbons (Fsp3) is 0.588. The first-order chi connectivity index (χ1) is 10.4. The Bertz CT molecular complexity index is 503. The Labute approximate surface area is 132 Å². The number of urea groups is 1. The van der Waals surface area contributed by atoms with E-state index in [9.17, 15) is 9.90 Å². The number of nitrogens with one attached hydrogen (secondary N) is 1. The molecule has 5 nitrogen and oxygen atoms in total. The third-order valence-electron chi connectivity index (χ3n) is 4.22. The van der Waals surface area contributed by atoms with Crippen LogP contribution in [0.4, 0.5) is 4.79 Å². The Morgan fingerprint density at radius 1 is 1.45 bits per heavy atom. The molecule has 1 fully saturated rings. The fourth-order valence-electron chi connectivity index (χ4n) is 2.66. The number of phenolic OH excluding ortho intramolecular Hbond substituents is 1. The van der Waals surface area contributed by atoms with E-state index in [2.05, 4.69) is 12.2 Å². The number of hydrogen-bond acceptors (Lipinski definition) is 3. The average Bonchev–Trinajstić information content (AvgIpc) is 2.49. The minimum Gasteiger partial charge on any atom is -0.508 e. The summed E-state index contributed by atoms with van der Waals surface area (Å²) < 4.78 is 5.76. The highest BCUT2D eigenvalue weighted by Crippen LogP contribution is 2.21. The molecule has 0 aliphatic carbocycles. The van der Waals surface area contributed by atoms with Gasteiger partial charge in [0, 0.05) is 12.6 Å². The van der Waals surface area contributed by atoms with Crippen LogP contribution in [0.5, 0.6) is 5.75 Å². The van der Waals surface area contributed by atoms with Crippen LogP contribution in [0.2, 0.25) is 0 Å². The molecule has 0 radical (unpaired) electrons. The number of carbonyl (C=O) groups excluding carboxylic acids is 1. The molecule has 2 amide bonds. The maximum Gasteiger partial charge on any atom is 0.317 e. The molecule has 122 valence electrons. The van der Waals surface area contributed by atoms with Gasteiger partial charge in [0.05, 0.1) is 18.8 Å². The lowest BCUT2D eigenvalue weighted by Crippen LogP contribution is -2.55. The Balaban J connectivity index is 1.86. The van der Waals surface area contributed by atoms with Crippen molar-refractivity contribution in [1.82, 2.24) is 10.2 Å². The number of carbonyl (C=O) groups is 1. The van der Waals surface area contributed by atoms with Crippen molar-refractivity contribution in [2.24, 2.45) is 0 Å². The number of hydrogen-bond donors (Lipinski definition) is 2. The number of phenols is 1. The van der Waals surface area contributed by atoms with Gasteiger partial charge in [-0.1, -0.05) is 19.1 Å². The number of morpholine rings is 1. The molecule has 1 aliphatic heterocycles. The zero-order valence-corrected chi connectivity index (χ0v) is 13.6. The van der Waals surface area contributed by atoms with E-state index in [4.69, 9.17) is 4.74 Å². The first kappa shape index (κ1) is 16.6. The second-order valence-corrected chi connectivity index (χ2v) is 6.29. The largest absolute Gasteiger partial charge is 0.508 e. The van der Waals surface area contributed by atoms with Gasteiger partial charge in [0.15, 0.2) is 0 Å². The van der Waals surface area contributed by atoms with Gasteiger partial charge in [-0.2, -0.15) is 0 Å². The van der Waals surface area contributed by atoms with Crippen molar-refractivity contribution < 1.29 is 14.6 Å². The van der Waals surface area contributed by atoms with Crippen LogP contribution in [-0.2, 0) is 11.2 Å². The molecule has 2 atom stereocenters. The number of amides is 2. The quantitative estimate of drug-likeness (QED) is 0.898. The highest BCUT2D eigenvalue weighted by molar-refractivity contribution is 5.74. The Morgan fingerprint density at radius 3 is 2.77 bits per heavy atom. The second-order valence-electron chi connectivity index (χ2n) is 6.29. The second kappa shape index (κ2) is 7.01. The van der Waals surface area contributed by atoms with Crippen molar-refractivity contribution in [3.8, 4) is 5.75 Å².